The van der Waals surface area contributed by atoms with E-state index in [0.29, 0.717) is 6.54 Å². The molecule has 0 amide bonds. The van der Waals surface area contributed by atoms with E-state index >= 15 is 0 Å². The minimum Gasteiger partial charge on any atom is -0.497 e. The van der Waals surface area contributed by atoms with Gasteiger partial charge in [-0.1, -0.05) is 24.3 Å². The average Bonchev–Trinajstić information content (AvgIpc) is 2.59. The van der Waals surface area contributed by atoms with Crippen LogP contribution in [-0.4, -0.2) is 45.1 Å². The molecule has 4 rings (SSSR count). The first-order valence-corrected chi connectivity index (χ1v) is 9.82. The minimum absolute atomic E-state index is 0.0559. The van der Waals surface area contributed by atoms with Crippen LogP contribution < -0.4 is 4.74 Å². The zero-order chi connectivity index (χ0) is 16.7. The molecule has 126 valence electrons. The van der Waals surface area contributed by atoms with E-state index in [4.69, 9.17) is 4.74 Å². The molecule has 0 aliphatic carbocycles. The molecule has 5 nitrogen and oxygen atoms in total. The van der Waals surface area contributed by atoms with Crippen LogP contribution in [0, 0.1) is 0 Å². The highest BCUT2D eigenvalue weighted by atomic mass is 32.2. The molecule has 0 aromatic heterocycles. The fourth-order valence-electron chi connectivity index (χ4n) is 3.61. The van der Waals surface area contributed by atoms with Crippen molar-refractivity contribution in [1.82, 2.24) is 4.90 Å². The SMILES string of the molecule is COc1ccc2cc(C3CCCN4CCS(=O)(=O)N=C34)ccc2c1. The van der Waals surface area contributed by atoms with Gasteiger partial charge < -0.3 is 9.64 Å². The average molecular weight is 344 g/mol. The molecule has 1 fully saturated rings. The summed E-state index contributed by atoms with van der Waals surface area (Å²) in [6.07, 6.45) is 2.00. The molecule has 1 unspecified atom stereocenters. The summed E-state index contributed by atoms with van der Waals surface area (Å²) < 4.78 is 33.2. The number of ether oxygens (including phenoxy) is 1. The summed E-state index contributed by atoms with van der Waals surface area (Å²) in [7, 11) is -1.66. The Morgan fingerprint density at radius 3 is 2.75 bits per heavy atom. The molecule has 0 radical (unpaired) electrons. The number of hydrogen-bond donors (Lipinski definition) is 0. The summed E-state index contributed by atoms with van der Waals surface area (Å²) in [5.41, 5.74) is 1.13. The number of sulfonamides is 1. The molecule has 2 heterocycles. The van der Waals surface area contributed by atoms with Crippen molar-refractivity contribution in [2.24, 2.45) is 4.40 Å². The molecular weight excluding hydrogens is 324 g/mol. The Bertz CT molecular complexity index is 921. The zero-order valence-corrected chi connectivity index (χ0v) is 14.4. The Hall–Kier alpha value is -2.08. The Morgan fingerprint density at radius 2 is 1.92 bits per heavy atom. The molecule has 1 atom stereocenters. The van der Waals surface area contributed by atoms with Crippen molar-refractivity contribution >= 4 is 26.6 Å². The Labute approximate surface area is 142 Å². The van der Waals surface area contributed by atoms with Crippen molar-refractivity contribution in [1.29, 1.82) is 0 Å². The van der Waals surface area contributed by atoms with Crippen LogP contribution in [0.15, 0.2) is 40.8 Å². The molecule has 0 saturated carbocycles. The summed E-state index contributed by atoms with van der Waals surface area (Å²) in [5, 5.41) is 2.24. The Balaban J connectivity index is 1.76. The van der Waals surface area contributed by atoms with Crippen LogP contribution in [0.25, 0.3) is 10.8 Å². The lowest BCUT2D eigenvalue weighted by Crippen LogP contribution is -2.46. The molecule has 24 heavy (non-hydrogen) atoms. The monoisotopic (exact) mass is 344 g/mol. The highest BCUT2D eigenvalue weighted by Gasteiger charge is 2.33. The van der Waals surface area contributed by atoms with Gasteiger partial charge in [0.15, 0.2) is 0 Å². The Morgan fingerprint density at radius 1 is 1.12 bits per heavy atom. The van der Waals surface area contributed by atoms with Crippen LogP contribution in [0.4, 0.5) is 0 Å². The van der Waals surface area contributed by atoms with E-state index in [2.05, 4.69) is 27.5 Å². The van der Waals surface area contributed by atoms with Crippen molar-refractivity contribution in [3.05, 3.63) is 42.0 Å². The number of rotatable bonds is 2. The third-order valence-corrected chi connectivity index (χ3v) is 6.05. The van der Waals surface area contributed by atoms with Gasteiger partial charge >= 0.3 is 0 Å². The molecular formula is C18H20N2O3S. The summed E-state index contributed by atoms with van der Waals surface area (Å²) in [6.45, 7) is 1.46. The topological polar surface area (TPSA) is 59.0 Å². The highest BCUT2D eigenvalue weighted by molar-refractivity contribution is 7.90. The predicted molar refractivity (Wildman–Crippen MR) is 95.3 cm³/mol. The quantitative estimate of drug-likeness (QED) is 0.840. The highest BCUT2D eigenvalue weighted by Crippen LogP contribution is 2.33. The van der Waals surface area contributed by atoms with Gasteiger partial charge in [0.2, 0.25) is 0 Å². The van der Waals surface area contributed by atoms with Crippen LogP contribution in [-0.2, 0) is 10.0 Å². The lowest BCUT2D eigenvalue weighted by atomic mass is 9.88. The second-order valence-electron chi connectivity index (χ2n) is 6.39. The normalized spacial score (nSPS) is 22.8. The van der Waals surface area contributed by atoms with E-state index in [1.54, 1.807) is 7.11 Å². The van der Waals surface area contributed by atoms with E-state index in [9.17, 15) is 8.42 Å². The van der Waals surface area contributed by atoms with Crippen molar-refractivity contribution in [3.63, 3.8) is 0 Å². The number of benzene rings is 2. The molecule has 2 aliphatic heterocycles. The number of amidine groups is 1. The summed E-state index contributed by atoms with van der Waals surface area (Å²) in [5.74, 6) is 1.74. The number of hydrogen-bond acceptors (Lipinski definition) is 4. The predicted octanol–water partition coefficient (Wildman–Crippen LogP) is 2.77. The number of fused-ring (bicyclic) bond motifs is 2. The maximum atomic E-state index is 11.9. The van der Waals surface area contributed by atoms with Gasteiger partial charge in [-0.15, -0.1) is 4.40 Å². The lowest BCUT2D eigenvalue weighted by Gasteiger charge is -2.37. The summed E-state index contributed by atoms with van der Waals surface area (Å²) >= 11 is 0. The molecule has 0 N–H and O–H groups in total. The van der Waals surface area contributed by atoms with Crippen molar-refractivity contribution in [2.45, 2.75) is 18.8 Å². The molecule has 2 aromatic rings. The van der Waals surface area contributed by atoms with Gasteiger partial charge in [-0.05, 0) is 41.3 Å². The molecule has 2 aliphatic rings. The summed E-state index contributed by atoms with van der Waals surface area (Å²) in [6, 6.07) is 12.3. The fourth-order valence-corrected chi connectivity index (χ4v) is 4.68. The lowest BCUT2D eigenvalue weighted by molar-refractivity contribution is 0.366. The van der Waals surface area contributed by atoms with Crippen LogP contribution in [0.3, 0.4) is 0 Å². The second kappa shape index (κ2) is 5.77. The molecule has 0 bridgehead atoms. The van der Waals surface area contributed by atoms with Gasteiger partial charge in [0.1, 0.15) is 11.6 Å². The minimum atomic E-state index is -3.32. The second-order valence-corrected chi connectivity index (χ2v) is 8.14. The van der Waals surface area contributed by atoms with Crippen molar-refractivity contribution < 1.29 is 13.2 Å². The summed E-state index contributed by atoms with van der Waals surface area (Å²) in [4.78, 5) is 2.13. The van der Waals surface area contributed by atoms with Gasteiger partial charge in [-0.25, -0.2) is 8.42 Å². The van der Waals surface area contributed by atoms with E-state index in [1.165, 1.54) is 0 Å². The number of piperidine rings is 1. The van der Waals surface area contributed by atoms with Gasteiger partial charge in [-0.3, -0.25) is 0 Å². The van der Waals surface area contributed by atoms with Gasteiger partial charge in [0.05, 0.1) is 12.9 Å². The smallest absolute Gasteiger partial charge is 0.256 e. The maximum Gasteiger partial charge on any atom is 0.256 e. The zero-order valence-electron chi connectivity index (χ0n) is 13.6. The standard InChI is InChI=1S/C18H20N2O3S/c1-23-16-7-6-13-11-15(5-4-14(13)12-16)17-3-2-8-20-9-10-24(21,22)19-18(17)20/h4-7,11-12,17H,2-3,8-10H2,1H3. The van der Waals surface area contributed by atoms with Gasteiger partial charge in [0, 0.05) is 19.0 Å². The van der Waals surface area contributed by atoms with E-state index in [-0.39, 0.29) is 11.7 Å². The number of nitrogens with zero attached hydrogens (tertiary/aromatic N) is 2. The fraction of sp³-hybridized carbons (Fsp3) is 0.389. The first-order valence-electron chi connectivity index (χ1n) is 8.21. The maximum absolute atomic E-state index is 11.9. The third kappa shape index (κ3) is 2.75. The largest absolute Gasteiger partial charge is 0.497 e. The van der Waals surface area contributed by atoms with Crippen LogP contribution >= 0.6 is 0 Å². The van der Waals surface area contributed by atoms with Crippen molar-refractivity contribution in [2.75, 3.05) is 26.0 Å². The van der Waals surface area contributed by atoms with Gasteiger partial charge in [-0.2, -0.15) is 0 Å². The first kappa shape index (κ1) is 15.4. The number of methoxy groups -OCH3 is 1. The van der Waals surface area contributed by atoms with E-state index in [1.807, 2.05) is 18.2 Å². The third-order valence-electron chi connectivity index (χ3n) is 4.88. The molecule has 2 aromatic carbocycles. The molecule has 0 spiro atoms. The molecule has 1 saturated heterocycles. The van der Waals surface area contributed by atoms with Crippen LogP contribution in [0.2, 0.25) is 0 Å². The van der Waals surface area contributed by atoms with E-state index in [0.717, 1.165) is 47.3 Å². The van der Waals surface area contributed by atoms with Crippen molar-refractivity contribution in [3.8, 4) is 5.75 Å². The van der Waals surface area contributed by atoms with E-state index < -0.39 is 10.0 Å². The van der Waals surface area contributed by atoms with Gasteiger partial charge in [0.25, 0.3) is 10.0 Å². The first-order chi connectivity index (χ1) is 11.6. The Kier molecular flexibility index (Phi) is 3.72. The van der Waals surface area contributed by atoms with Crippen LogP contribution in [0.5, 0.6) is 5.75 Å². The molecule has 6 heteroatoms. The van der Waals surface area contributed by atoms with Crippen LogP contribution in [0.1, 0.15) is 24.3 Å².